The Hall–Kier alpha value is -4.18. The van der Waals surface area contributed by atoms with E-state index in [2.05, 4.69) is 15.2 Å². The van der Waals surface area contributed by atoms with Crippen LogP contribution in [0.1, 0.15) is 65.6 Å². The number of hydrogen-bond acceptors (Lipinski definition) is 5. The molecule has 6 rings (SSSR count). The van der Waals surface area contributed by atoms with Crippen LogP contribution in [0.4, 0.5) is 8.78 Å². The Labute approximate surface area is 297 Å². The van der Waals surface area contributed by atoms with Crippen LogP contribution in [-0.4, -0.2) is 71.0 Å². The lowest BCUT2D eigenvalue weighted by Gasteiger charge is -2.40. The van der Waals surface area contributed by atoms with Gasteiger partial charge < -0.3 is 20.2 Å². The summed E-state index contributed by atoms with van der Waals surface area (Å²) in [6.45, 7) is 3.40. The van der Waals surface area contributed by atoms with E-state index in [0.29, 0.717) is 55.8 Å². The molecule has 0 radical (unpaired) electrons. The van der Waals surface area contributed by atoms with Crippen LogP contribution in [-0.2, 0) is 15.8 Å². The van der Waals surface area contributed by atoms with E-state index in [1.807, 2.05) is 12.1 Å². The van der Waals surface area contributed by atoms with E-state index >= 15 is 0 Å². The van der Waals surface area contributed by atoms with E-state index in [1.54, 1.807) is 65.8 Å². The molecule has 0 unspecified atom stereocenters. The number of halogens is 3. The molecule has 50 heavy (non-hydrogen) atoms. The summed E-state index contributed by atoms with van der Waals surface area (Å²) in [4.78, 5) is 34.7. The number of benzene rings is 3. The van der Waals surface area contributed by atoms with Crippen LogP contribution in [0.25, 0.3) is 0 Å². The van der Waals surface area contributed by atoms with Gasteiger partial charge >= 0.3 is 0 Å². The second kappa shape index (κ2) is 15.8. The molecule has 2 N–H and O–H groups in total. The number of likely N-dealkylation sites (tertiary alicyclic amines) is 2. The zero-order valence-electron chi connectivity index (χ0n) is 28.0. The average Bonchev–Trinajstić information content (AvgIpc) is 3.15. The third kappa shape index (κ3) is 8.23. The van der Waals surface area contributed by atoms with Crippen LogP contribution in [0, 0.1) is 17.6 Å². The fourth-order valence-electron chi connectivity index (χ4n) is 7.49. The van der Waals surface area contributed by atoms with Gasteiger partial charge in [-0.1, -0.05) is 48.0 Å². The normalized spacial score (nSPS) is 17.0. The van der Waals surface area contributed by atoms with E-state index in [0.717, 1.165) is 42.7 Å². The zero-order valence-corrected chi connectivity index (χ0v) is 28.8. The van der Waals surface area contributed by atoms with Crippen LogP contribution in [0.2, 0.25) is 5.02 Å². The number of rotatable bonds is 11. The Morgan fingerprint density at radius 1 is 0.840 bits per heavy atom. The molecule has 0 bridgehead atoms. The van der Waals surface area contributed by atoms with Crippen molar-refractivity contribution in [3.8, 4) is 0 Å². The predicted molar refractivity (Wildman–Crippen MR) is 190 cm³/mol. The van der Waals surface area contributed by atoms with Gasteiger partial charge in [-0.05, 0) is 110 Å². The number of hydrogen-bond donors (Lipinski definition) is 2. The molecule has 2 amide bonds. The molecular formula is C40H43ClF2N4O3. The van der Waals surface area contributed by atoms with Gasteiger partial charge in [-0.25, -0.2) is 8.78 Å². The quantitative estimate of drug-likeness (QED) is 0.181. The van der Waals surface area contributed by atoms with Crippen molar-refractivity contribution in [3.63, 3.8) is 0 Å². The van der Waals surface area contributed by atoms with Gasteiger partial charge in [-0.15, -0.1) is 0 Å². The smallest absolute Gasteiger partial charge is 0.253 e. The summed E-state index contributed by atoms with van der Waals surface area (Å²) in [5.74, 6) is -1.14. The molecule has 2 fully saturated rings. The van der Waals surface area contributed by atoms with Crippen molar-refractivity contribution in [1.82, 2.24) is 20.1 Å². The van der Waals surface area contributed by atoms with E-state index in [4.69, 9.17) is 11.6 Å². The Morgan fingerprint density at radius 3 is 1.96 bits per heavy atom. The lowest BCUT2D eigenvalue weighted by atomic mass is 9.71. The first kappa shape index (κ1) is 35.6. The fraction of sp³-hybridized carbons (Fsp3) is 0.375. The van der Waals surface area contributed by atoms with Crippen molar-refractivity contribution in [2.24, 2.45) is 5.92 Å². The highest BCUT2D eigenvalue weighted by Gasteiger charge is 2.38. The Kier molecular flexibility index (Phi) is 11.3. The summed E-state index contributed by atoms with van der Waals surface area (Å²) < 4.78 is 28.4. The molecule has 1 aromatic heterocycles. The minimum absolute atomic E-state index is 0.0683. The number of nitrogens with zero attached hydrogens (tertiary/aromatic N) is 3. The molecule has 2 aliphatic heterocycles. The number of aromatic nitrogens is 1. The second-order valence-corrected chi connectivity index (χ2v) is 14.0. The summed E-state index contributed by atoms with van der Waals surface area (Å²) >= 11 is 6.07. The molecule has 0 saturated carbocycles. The molecule has 2 saturated heterocycles. The molecule has 10 heteroatoms. The van der Waals surface area contributed by atoms with Crippen LogP contribution < -0.4 is 5.32 Å². The molecular weight excluding hydrogens is 658 g/mol. The Balaban J connectivity index is 1.14. The highest BCUT2D eigenvalue weighted by Crippen LogP contribution is 2.38. The predicted octanol–water partition coefficient (Wildman–Crippen LogP) is 6.73. The van der Waals surface area contributed by atoms with E-state index in [1.165, 1.54) is 24.3 Å². The second-order valence-electron chi connectivity index (χ2n) is 13.6. The molecule has 0 spiro atoms. The van der Waals surface area contributed by atoms with Crippen molar-refractivity contribution < 1.29 is 23.5 Å². The topological polar surface area (TPSA) is 85.8 Å². The minimum atomic E-state index is -0.903. The number of amides is 2. The van der Waals surface area contributed by atoms with Gasteiger partial charge in [0.2, 0.25) is 5.91 Å². The van der Waals surface area contributed by atoms with Gasteiger partial charge in [0, 0.05) is 67.0 Å². The van der Waals surface area contributed by atoms with E-state index < -0.39 is 11.0 Å². The van der Waals surface area contributed by atoms with Gasteiger partial charge in [0.25, 0.3) is 5.91 Å². The Morgan fingerprint density at radius 2 is 1.40 bits per heavy atom. The molecule has 2 aliphatic rings. The van der Waals surface area contributed by atoms with Gasteiger partial charge in [-0.3, -0.25) is 14.6 Å². The van der Waals surface area contributed by atoms with Crippen LogP contribution in [0.5, 0.6) is 0 Å². The highest BCUT2D eigenvalue weighted by molar-refractivity contribution is 6.30. The summed E-state index contributed by atoms with van der Waals surface area (Å²) in [6.07, 6.45) is 6.83. The molecule has 0 atom stereocenters. The number of pyridine rings is 1. The van der Waals surface area contributed by atoms with E-state index in [-0.39, 0.29) is 35.9 Å². The molecule has 3 aromatic carbocycles. The van der Waals surface area contributed by atoms with Crippen molar-refractivity contribution in [3.05, 3.63) is 136 Å². The van der Waals surface area contributed by atoms with Crippen molar-refractivity contribution >= 4 is 23.4 Å². The maximum atomic E-state index is 14.2. The first-order valence-electron chi connectivity index (χ1n) is 17.4. The van der Waals surface area contributed by atoms with Crippen molar-refractivity contribution in [2.45, 2.75) is 49.5 Å². The molecule has 3 heterocycles. The van der Waals surface area contributed by atoms with Crippen LogP contribution in [0.3, 0.4) is 0 Å². The maximum absolute atomic E-state index is 14.2. The fourth-order valence-corrected chi connectivity index (χ4v) is 7.62. The Bertz CT molecular complexity index is 1680. The third-order valence-electron chi connectivity index (χ3n) is 10.6. The number of carbonyl (C=O) groups excluding carboxylic acids is 2. The molecule has 4 aromatic rings. The van der Waals surface area contributed by atoms with Crippen LogP contribution in [0.15, 0.2) is 97.3 Å². The number of piperidine rings is 2. The minimum Gasteiger partial charge on any atom is -0.385 e. The van der Waals surface area contributed by atoms with Crippen molar-refractivity contribution in [2.75, 3.05) is 39.3 Å². The van der Waals surface area contributed by atoms with E-state index in [9.17, 15) is 23.5 Å². The zero-order chi connectivity index (χ0) is 35.1. The van der Waals surface area contributed by atoms with Gasteiger partial charge in [0.15, 0.2) is 0 Å². The van der Waals surface area contributed by atoms with Gasteiger partial charge in [0.05, 0.1) is 5.60 Å². The number of carbonyl (C=O) groups is 2. The highest BCUT2D eigenvalue weighted by atomic mass is 35.5. The van der Waals surface area contributed by atoms with Crippen molar-refractivity contribution in [1.29, 1.82) is 0 Å². The SMILES string of the molecule is O=C(NCC(CCCN1CCC(O)(c2ccc(Cl)cc2)CC1)(c1ccc(F)cc1)c1ccc(F)cc1)C1CCN(C(=O)c2ccncc2)CC1. The first-order chi connectivity index (χ1) is 24.1. The first-order valence-corrected chi connectivity index (χ1v) is 17.7. The van der Waals surface area contributed by atoms with Gasteiger partial charge in [-0.2, -0.15) is 0 Å². The number of aliphatic hydroxyl groups is 1. The lowest BCUT2D eigenvalue weighted by molar-refractivity contribution is -0.126. The third-order valence-corrected chi connectivity index (χ3v) is 10.8. The maximum Gasteiger partial charge on any atom is 0.253 e. The standard InChI is InChI=1S/C40H43ClF2N4O3/c41-34-8-2-33(3-9-34)40(50)19-26-46(27-20-40)23-1-18-39(31-4-10-35(42)11-5-31,32-6-12-36(43)13-7-32)28-45-37(48)29-16-24-47(25-17-29)38(49)30-14-21-44-22-15-30/h2-15,21-22,29,50H,1,16-20,23-28H2,(H,45,48). The van der Waals surface area contributed by atoms with Gasteiger partial charge in [0.1, 0.15) is 11.6 Å². The molecule has 262 valence electrons. The number of nitrogens with one attached hydrogen (secondary N) is 1. The summed E-state index contributed by atoms with van der Waals surface area (Å²) in [6, 6.07) is 23.5. The summed E-state index contributed by atoms with van der Waals surface area (Å²) in [5, 5.41) is 15.2. The molecule has 7 nitrogen and oxygen atoms in total. The largest absolute Gasteiger partial charge is 0.385 e. The molecule has 0 aliphatic carbocycles. The lowest BCUT2D eigenvalue weighted by Crippen LogP contribution is -2.47. The summed E-state index contributed by atoms with van der Waals surface area (Å²) in [7, 11) is 0. The average molecular weight is 701 g/mol. The summed E-state index contributed by atoms with van der Waals surface area (Å²) in [5.41, 5.74) is 1.45. The van der Waals surface area contributed by atoms with Crippen LogP contribution >= 0.6 is 11.6 Å². The monoisotopic (exact) mass is 700 g/mol.